The van der Waals surface area contributed by atoms with E-state index in [1.54, 1.807) is 6.07 Å². The number of halogens is 3. The molecule has 1 saturated heterocycles. The van der Waals surface area contributed by atoms with E-state index in [1.807, 2.05) is 0 Å². The second-order valence-corrected chi connectivity index (χ2v) is 4.01. The van der Waals surface area contributed by atoms with Crippen LogP contribution >= 0.6 is 0 Å². The average molecular weight is 218 g/mol. The topological polar surface area (TPSA) is 44.1 Å². The van der Waals surface area contributed by atoms with Crippen LogP contribution in [0.4, 0.5) is 13.2 Å². The molecule has 0 spiro atoms. The first-order valence-electron chi connectivity index (χ1n) is 4.74. The quantitative estimate of drug-likeness (QED) is 0.617. The summed E-state index contributed by atoms with van der Waals surface area (Å²) in [7, 11) is 0. The summed E-state index contributed by atoms with van der Waals surface area (Å²) < 4.78 is 36.7. The first-order chi connectivity index (χ1) is 6.95. The molecule has 3 unspecified atom stereocenters. The molecule has 2 bridgehead atoms. The van der Waals surface area contributed by atoms with E-state index in [2.05, 4.69) is 0 Å². The van der Waals surface area contributed by atoms with Gasteiger partial charge in [-0.25, -0.2) is 0 Å². The van der Waals surface area contributed by atoms with Gasteiger partial charge in [0.05, 0.1) is 6.07 Å². The maximum Gasteiger partial charge on any atom is 0.471 e. The molecule has 2 fully saturated rings. The number of carbonyl (C=O) groups is 1. The van der Waals surface area contributed by atoms with Crippen molar-refractivity contribution < 1.29 is 18.0 Å². The number of piperidine rings is 1. The molecule has 15 heavy (non-hydrogen) atoms. The van der Waals surface area contributed by atoms with Crippen LogP contribution in [0.5, 0.6) is 0 Å². The molecule has 3 atom stereocenters. The number of alkyl halides is 3. The number of fused-ring (bicyclic) bond motifs is 2. The summed E-state index contributed by atoms with van der Waals surface area (Å²) in [4.78, 5) is 11.8. The Morgan fingerprint density at radius 2 is 2.07 bits per heavy atom. The van der Waals surface area contributed by atoms with Gasteiger partial charge in [0.25, 0.3) is 0 Å². The van der Waals surface area contributed by atoms with Crippen molar-refractivity contribution in [3.63, 3.8) is 0 Å². The summed E-state index contributed by atoms with van der Waals surface area (Å²) in [5.74, 6) is -1.92. The number of nitriles is 1. The molecule has 2 rings (SSSR count). The van der Waals surface area contributed by atoms with Gasteiger partial charge in [0.2, 0.25) is 0 Å². The van der Waals surface area contributed by atoms with Crippen molar-refractivity contribution in [1.29, 1.82) is 5.26 Å². The Morgan fingerprint density at radius 1 is 1.40 bits per heavy atom. The van der Waals surface area contributed by atoms with Crippen molar-refractivity contribution >= 4 is 5.91 Å². The van der Waals surface area contributed by atoms with Crippen molar-refractivity contribution in [1.82, 2.24) is 4.90 Å². The minimum atomic E-state index is -4.86. The summed E-state index contributed by atoms with van der Waals surface area (Å²) in [6, 6.07) is 0.546. The van der Waals surface area contributed by atoms with E-state index in [0.29, 0.717) is 12.8 Å². The summed E-state index contributed by atoms with van der Waals surface area (Å²) in [5.41, 5.74) is 0. The highest BCUT2D eigenvalue weighted by Crippen LogP contribution is 2.43. The smallest absolute Gasteiger partial charge is 0.316 e. The van der Waals surface area contributed by atoms with Crippen LogP contribution in [0.1, 0.15) is 19.3 Å². The van der Waals surface area contributed by atoms with Gasteiger partial charge in [0.15, 0.2) is 0 Å². The molecule has 0 aromatic rings. The SMILES string of the molecule is N#CC1C2CCC(C2)N1C(=O)C(F)(F)F. The molecule has 0 aromatic carbocycles. The monoisotopic (exact) mass is 218 g/mol. The van der Waals surface area contributed by atoms with E-state index in [9.17, 15) is 18.0 Å². The van der Waals surface area contributed by atoms with Gasteiger partial charge in [-0.05, 0) is 25.2 Å². The normalized spacial score (nSPS) is 34.3. The first-order valence-corrected chi connectivity index (χ1v) is 4.74. The Hall–Kier alpha value is -1.25. The molecule has 6 heteroatoms. The molecule has 82 valence electrons. The lowest BCUT2D eigenvalue weighted by Gasteiger charge is -2.31. The summed E-state index contributed by atoms with van der Waals surface area (Å²) in [5, 5.41) is 8.76. The molecule has 1 aliphatic heterocycles. The lowest BCUT2D eigenvalue weighted by Crippen LogP contribution is -2.50. The van der Waals surface area contributed by atoms with E-state index in [1.165, 1.54) is 0 Å². The van der Waals surface area contributed by atoms with Gasteiger partial charge in [-0.3, -0.25) is 4.79 Å². The Balaban J connectivity index is 2.23. The van der Waals surface area contributed by atoms with Crippen LogP contribution in [-0.4, -0.2) is 29.1 Å². The van der Waals surface area contributed by atoms with Crippen molar-refractivity contribution in [3.05, 3.63) is 0 Å². The number of carbonyl (C=O) groups excluding carboxylic acids is 1. The fourth-order valence-corrected chi connectivity index (χ4v) is 2.59. The predicted molar refractivity (Wildman–Crippen MR) is 43.4 cm³/mol. The molecular weight excluding hydrogens is 209 g/mol. The van der Waals surface area contributed by atoms with E-state index in [4.69, 9.17) is 5.26 Å². The molecule has 1 amide bonds. The van der Waals surface area contributed by atoms with Crippen LogP contribution in [0.15, 0.2) is 0 Å². The predicted octanol–water partition coefficient (Wildman–Crippen LogP) is 1.45. The Morgan fingerprint density at radius 3 is 2.60 bits per heavy atom. The zero-order valence-corrected chi connectivity index (χ0v) is 7.79. The Bertz CT molecular complexity index is 333. The molecule has 1 aliphatic carbocycles. The van der Waals surface area contributed by atoms with Gasteiger partial charge < -0.3 is 4.90 Å². The van der Waals surface area contributed by atoms with E-state index < -0.39 is 18.1 Å². The largest absolute Gasteiger partial charge is 0.471 e. The van der Waals surface area contributed by atoms with Crippen LogP contribution in [0.25, 0.3) is 0 Å². The lowest BCUT2D eigenvalue weighted by molar-refractivity contribution is -0.188. The standard InChI is InChI=1S/C9H9F3N2O/c10-9(11,12)8(15)14-6-2-1-5(3-6)7(14)4-13/h5-7H,1-3H2. The van der Waals surface area contributed by atoms with Crippen LogP contribution in [0, 0.1) is 17.2 Å². The zero-order valence-electron chi connectivity index (χ0n) is 7.79. The van der Waals surface area contributed by atoms with Gasteiger partial charge in [0, 0.05) is 6.04 Å². The number of nitrogens with zero attached hydrogens (tertiary/aromatic N) is 2. The molecule has 0 radical (unpaired) electrons. The third kappa shape index (κ3) is 1.46. The van der Waals surface area contributed by atoms with Gasteiger partial charge in [-0.15, -0.1) is 0 Å². The summed E-state index contributed by atoms with van der Waals surface area (Å²) >= 11 is 0. The highest BCUT2D eigenvalue weighted by molar-refractivity contribution is 5.83. The van der Waals surface area contributed by atoms with Crippen molar-refractivity contribution in [3.8, 4) is 6.07 Å². The second-order valence-electron chi connectivity index (χ2n) is 4.01. The maximum atomic E-state index is 12.2. The number of hydrogen-bond acceptors (Lipinski definition) is 2. The maximum absolute atomic E-state index is 12.2. The van der Waals surface area contributed by atoms with Crippen molar-refractivity contribution in [2.75, 3.05) is 0 Å². The van der Waals surface area contributed by atoms with Crippen LogP contribution in [0.2, 0.25) is 0 Å². The first kappa shape index (κ1) is 10.3. The third-order valence-corrected chi connectivity index (χ3v) is 3.19. The van der Waals surface area contributed by atoms with E-state index >= 15 is 0 Å². The van der Waals surface area contributed by atoms with Crippen LogP contribution in [0.3, 0.4) is 0 Å². The highest BCUT2D eigenvalue weighted by atomic mass is 19.4. The molecule has 1 heterocycles. The molecule has 0 aromatic heterocycles. The van der Waals surface area contributed by atoms with E-state index in [-0.39, 0.29) is 12.0 Å². The summed E-state index contributed by atoms with van der Waals surface area (Å²) in [6.45, 7) is 0. The van der Waals surface area contributed by atoms with Gasteiger partial charge >= 0.3 is 12.1 Å². The van der Waals surface area contributed by atoms with Crippen LogP contribution < -0.4 is 0 Å². The van der Waals surface area contributed by atoms with Crippen molar-refractivity contribution in [2.24, 2.45) is 5.92 Å². The van der Waals surface area contributed by atoms with Crippen molar-refractivity contribution in [2.45, 2.75) is 37.5 Å². The molecule has 1 saturated carbocycles. The number of likely N-dealkylation sites (tertiary alicyclic amines) is 1. The zero-order chi connectivity index (χ0) is 11.2. The number of hydrogen-bond donors (Lipinski definition) is 0. The fourth-order valence-electron chi connectivity index (χ4n) is 2.59. The number of rotatable bonds is 0. The highest BCUT2D eigenvalue weighted by Gasteiger charge is 2.54. The Labute approximate surface area is 84.5 Å². The minimum Gasteiger partial charge on any atom is -0.316 e. The van der Waals surface area contributed by atoms with Gasteiger partial charge in [-0.2, -0.15) is 18.4 Å². The van der Waals surface area contributed by atoms with E-state index in [0.717, 1.165) is 11.3 Å². The second kappa shape index (κ2) is 3.12. The van der Waals surface area contributed by atoms with Gasteiger partial charge in [-0.1, -0.05) is 0 Å². The summed E-state index contributed by atoms with van der Waals surface area (Å²) in [6.07, 6.45) is -2.98. The van der Waals surface area contributed by atoms with Crippen LogP contribution in [-0.2, 0) is 4.79 Å². The minimum absolute atomic E-state index is 0.0636. The molecule has 0 N–H and O–H groups in total. The average Bonchev–Trinajstić information content (AvgIpc) is 2.73. The number of amides is 1. The molecular formula is C9H9F3N2O. The Kier molecular flexibility index (Phi) is 2.14. The fraction of sp³-hybridized carbons (Fsp3) is 0.778. The molecule has 2 aliphatic rings. The molecule has 3 nitrogen and oxygen atoms in total. The third-order valence-electron chi connectivity index (χ3n) is 3.19. The lowest BCUT2D eigenvalue weighted by atomic mass is 10.00. The van der Waals surface area contributed by atoms with Gasteiger partial charge in [0.1, 0.15) is 6.04 Å².